The first-order chi connectivity index (χ1) is 12.9. The van der Waals surface area contributed by atoms with Gasteiger partial charge in [0.15, 0.2) is 0 Å². The van der Waals surface area contributed by atoms with Gasteiger partial charge in [-0.3, -0.25) is 0 Å². The van der Waals surface area contributed by atoms with Gasteiger partial charge in [0.1, 0.15) is 0 Å². The zero-order chi connectivity index (χ0) is 17.6. The molecule has 0 nitrogen and oxygen atoms in total. The molecule has 0 atom stereocenters. The maximum Gasteiger partial charge on any atom is -0.0111 e. The van der Waals surface area contributed by atoms with Crippen LogP contribution in [0.5, 0.6) is 0 Å². The van der Waals surface area contributed by atoms with E-state index in [1.807, 2.05) is 0 Å². The van der Waals surface area contributed by atoms with Gasteiger partial charge in [-0.15, -0.1) is 0 Å². The van der Waals surface area contributed by atoms with Crippen LogP contribution >= 0.6 is 0 Å². The van der Waals surface area contributed by atoms with Crippen molar-refractivity contribution in [3.8, 4) is 22.3 Å². The first kappa shape index (κ1) is 16.1. The molecule has 0 spiro atoms. The summed E-state index contributed by atoms with van der Waals surface area (Å²) in [5, 5.41) is 0. The van der Waals surface area contributed by atoms with E-state index < -0.39 is 0 Å². The molecule has 0 bridgehead atoms. The van der Waals surface area contributed by atoms with Gasteiger partial charge in [0, 0.05) is 0 Å². The van der Waals surface area contributed by atoms with E-state index in [0.717, 1.165) is 0 Å². The fraction of sp³-hybridized carbons (Fsp3) is 0. The molecule has 0 heteroatoms. The van der Waals surface area contributed by atoms with E-state index in [4.69, 9.17) is 0 Å². The minimum Gasteiger partial charge on any atom is -0.0622 e. The van der Waals surface area contributed by atoms with Crippen LogP contribution in [-0.2, 0) is 0 Å². The van der Waals surface area contributed by atoms with E-state index >= 15 is 0 Å². The molecule has 0 aromatic heterocycles. The lowest BCUT2D eigenvalue weighted by Gasteiger charge is -2.08. The summed E-state index contributed by atoms with van der Waals surface area (Å²) in [7, 11) is 0. The highest BCUT2D eigenvalue weighted by atomic mass is 14.1. The molecule has 26 heavy (non-hydrogen) atoms. The summed E-state index contributed by atoms with van der Waals surface area (Å²) in [6, 6.07) is 38.1. The predicted octanol–water partition coefficient (Wildman–Crippen LogP) is 7.19. The van der Waals surface area contributed by atoms with E-state index in [1.165, 1.54) is 33.4 Å². The van der Waals surface area contributed by atoms with Crippen molar-refractivity contribution in [1.29, 1.82) is 0 Å². The maximum absolute atomic E-state index is 2.21. The summed E-state index contributed by atoms with van der Waals surface area (Å²) in [4.78, 5) is 0. The van der Waals surface area contributed by atoms with Gasteiger partial charge in [-0.1, -0.05) is 121 Å². The van der Waals surface area contributed by atoms with Crippen LogP contribution in [0.2, 0.25) is 0 Å². The largest absolute Gasteiger partial charge is 0.0622 e. The molecular weight excluding hydrogens is 312 g/mol. The first-order valence-corrected chi connectivity index (χ1v) is 8.89. The molecule has 0 saturated carbocycles. The lowest BCUT2D eigenvalue weighted by Crippen LogP contribution is -1.84. The lowest BCUT2D eigenvalue weighted by molar-refractivity contribution is 1.58. The number of rotatable bonds is 4. The second kappa shape index (κ2) is 7.67. The Bertz CT molecular complexity index is 927. The Balaban J connectivity index is 1.73. The molecule has 0 aliphatic carbocycles. The highest BCUT2D eigenvalue weighted by Crippen LogP contribution is 2.28. The molecule has 4 aromatic carbocycles. The van der Waals surface area contributed by atoms with Crippen LogP contribution in [0.4, 0.5) is 0 Å². The van der Waals surface area contributed by atoms with Gasteiger partial charge in [-0.25, -0.2) is 0 Å². The van der Waals surface area contributed by atoms with Crippen molar-refractivity contribution in [2.45, 2.75) is 0 Å². The zero-order valence-electron chi connectivity index (χ0n) is 14.5. The summed E-state index contributed by atoms with van der Waals surface area (Å²) in [6.07, 6.45) is 4.42. The van der Waals surface area contributed by atoms with Crippen LogP contribution in [0, 0.1) is 0 Å². The number of hydrogen-bond acceptors (Lipinski definition) is 0. The van der Waals surface area contributed by atoms with Gasteiger partial charge in [-0.05, 0) is 33.4 Å². The molecule has 0 amide bonds. The quantitative estimate of drug-likeness (QED) is 0.347. The SMILES string of the molecule is C(=C/c1ccccc1-c1ccccc1)/c1ccccc1-c1ccccc1. The topological polar surface area (TPSA) is 0 Å². The van der Waals surface area contributed by atoms with Crippen molar-refractivity contribution < 1.29 is 0 Å². The van der Waals surface area contributed by atoms with Gasteiger partial charge >= 0.3 is 0 Å². The van der Waals surface area contributed by atoms with Gasteiger partial charge in [0.25, 0.3) is 0 Å². The highest BCUT2D eigenvalue weighted by Gasteiger charge is 2.03. The summed E-state index contributed by atoms with van der Waals surface area (Å²) in [6.45, 7) is 0. The normalized spacial score (nSPS) is 10.9. The minimum atomic E-state index is 1.22. The average molecular weight is 332 g/mol. The van der Waals surface area contributed by atoms with Crippen LogP contribution in [0.1, 0.15) is 11.1 Å². The monoisotopic (exact) mass is 332 g/mol. The van der Waals surface area contributed by atoms with Crippen LogP contribution in [0.3, 0.4) is 0 Å². The number of benzene rings is 4. The Morgan fingerprint density at radius 3 is 1.12 bits per heavy atom. The molecule has 0 radical (unpaired) electrons. The third kappa shape index (κ3) is 3.50. The average Bonchev–Trinajstić information content (AvgIpc) is 2.74. The standard InChI is InChI=1S/C26H20/c1-3-11-21(12-4-1)25-17-9-7-15-23(25)19-20-24-16-8-10-18-26(24)22-13-5-2-6-14-22/h1-20H/b20-19-. The molecule has 124 valence electrons. The maximum atomic E-state index is 2.21. The molecule has 4 rings (SSSR count). The van der Waals surface area contributed by atoms with E-state index in [2.05, 4.69) is 121 Å². The fourth-order valence-electron chi connectivity index (χ4n) is 3.23. The molecule has 0 fully saturated rings. The molecular formula is C26H20. The van der Waals surface area contributed by atoms with Gasteiger partial charge in [-0.2, -0.15) is 0 Å². The van der Waals surface area contributed by atoms with Crippen molar-refractivity contribution in [3.63, 3.8) is 0 Å². The van der Waals surface area contributed by atoms with Gasteiger partial charge < -0.3 is 0 Å². The Morgan fingerprint density at radius 1 is 0.346 bits per heavy atom. The van der Waals surface area contributed by atoms with Crippen LogP contribution in [-0.4, -0.2) is 0 Å². The highest BCUT2D eigenvalue weighted by molar-refractivity contribution is 5.85. The Labute approximate surface area is 155 Å². The molecule has 0 heterocycles. The van der Waals surface area contributed by atoms with Crippen molar-refractivity contribution in [1.82, 2.24) is 0 Å². The van der Waals surface area contributed by atoms with Gasteiger partial charge in [0.2, 0.25) is 0 Å². The van der Waals surface area contributed by atoms with Crippen LogP contribution in [0.25, 0.3) is 34.4 Å². The van der Waals surface area contributed by atoms with Crippen molar-refractivity contribution >= 4 is 12.2 Å². The smallest absolute Gasteiger partial charge is 0.0111 e. The summed E-state index contributed by atoms with van der Waals surface area (Å²) in [5.74, 6) is 0. The molecule has 0 aliphatic rings. The van der Waals surface area contributed by atoms with E-state index in [0.29, 0.717) is 0 Å². The van der Waals surface area contributed by atoms with Crippen molar-refractivity contribution in [2.24, 2.45) is 0 Å². The predicted molar refractivity (Wildman–Crippen MR) is 113 cm³/mol. The Morgan fingerprint density at radius 2 is 0.692 bits per heavy atom. The molecule has 0 saturated heterocycles. The van der Waals surface area contributed by atoms with E-state index in [1.54, 1.807) is 0 Å². The molecule has 4 aromatic rings. The summed E-state index contributed by atoms with van der Waals surface area (Å²) < 4.78 is 0. The third-order valence-corrected chi connectivity index (χ3v) is 4.53. The van der Waals surface area contributed by atoms with Crippen molar-refractivity contribution in [2.75, 3.05) is 0 Å². The third-order valence-electron chi connectivity index (χ3n) is 4.53. The minimum absolute atomic E-state index is 1.22. The summed E-state index contributed by atoms with van der Waals surface area (Å²) >= 11 is 0. The Kier molecular flexibility index (Phi) is 4.75. The molecule has 0 aliphatic heterocycles. The zero-order valence-corrected chi connectivity index (χ0v) is 14.5. The van der Waals surface area contributed by atoms with Crippen molar-refractivity contribution in [3.05, 3.63) is 120 Å². The summed E-state index contributed by atoms with van der Waals surface area (Å²) in [5.41, 5.74) is 7.43. The first-order valence-electron chi connectivity index (χ1n) is 8.89. The van der Waals surface area contributed by atoms with E-state index in [-0.39, 0.29) is 0 Å². The second-order valence-corrected chi connectivity index (χ2v) is 6.24. The van der Waals surface area contributed by atoms with E-state index in [9.17, 15) is 0 Å². The lowest BCUT2D eigenvalue weighted by atomic mass is 9.96. The fourth-order valence-corrected chi connectivity index (χ4v) is 3.23. The number of hydrogen-bond donors (Lipinski definition) is 0. The van der Waals surface area contributed by atoms with Gasteiger partial charge in [0.05, 0.1) is 0 Å². The van der Waals surface area contributed by atoms with Crippen LogP contribution in [0.15, 0.2) is 109 Å². The van der Waals surface area contributed by atoms with Crippen LogP contribution < -0.4 is 0 Å². The second-order valence-electron chi connectivity index (χ2n) is 6.24. The Hall–Kier alpha value is -3.38. The molecule has 0 N–H and O–H groups in total. The molecule has 0 unspecified atom stereocenters.